The smallest absolute Gasteiger partial charge is 0.324 e. The van der Waals surface area contributed by atoms with E-state index in [1.807, 2.05) is 37.3 Å². The summed E-state index contributed by atoms with van der Waals surface area (Å²) in [5, 5.41) is 0. The van der Waals surface area contributed by atoms with Crippen LogP contribution in [0.15, 0.2) is 59.5 Å². The van der Waals surface area contributed by atoms with Crippen molar-refractivity contribution in [3.05, 3.63) is 65.7 Å². The van der Waals surface area contributed by atoms with Crippen LogP contribution in [0.5, 0.6) is 0 Å². The Morgan fingerprint density at radius 1 is 1.10 bits per heavy atom. The number of amides is 1. The maximum atomic E-state index is 13.0. The van der Waals surface area contributed by atoms with Gasteiger partial charge in [-0.3, -0.25) is 9.59 Å². The molecule has 1 saturated heterocycles. The summed E-state index contributed by atoms with van der Waals surface area (Å²) in [6, 6.07) is 15.1. The van der Waals surface area contributed by atoms with E-state index < -0.39 is 28.6 Å². The van der Waals surface area contributed by atoms with Crippen LogP contribution in [0, 0.1) is 6.92 Å². The van der Waals surface area contributed by atoms with E-state index in [0.717, 1.165) is 11.1 Å². The molecule has 0 bridgehead atoms. The van der Waals surface area contributed by atoms with E-state index in [1.165, 1.54) is 21.3 Å². The largest absolute Gasteiger partial charge is 0.454 e. The first kappa shape index (κ1) is 22.0. The highest BCUT2D eigenvalue weighted by molar-refractivity contribution is 7.89. The predicted octanol–water partition coefficient (Wildman–Crippen LogP) is 2.35. The quantitative estimate of drug-likeness (QED) is 0.630. The lowest BCUT2D eigenvalue weighted by Gasteiger charge is -2.23. The number of sulfonamides is 1. The summed E-state index contributed by atoms with van der Waals surface area (Å²) in [4.78, 5) is 26.5. The number of aryl methyl sites for hydroxylation is 1. The van der Waals surface area contributed by atoms with Gasteiger partial charge in [-0.15, -0.1) is 0 Å². The minimum absolute atomic E-state index is 0.145. The Kier molecular flexibility index (Phi) is 6.89. The van der Waals surface area contributed by atoms with Crippen LogP contribution in [-0.4, -0.2) is 55.7 Å². The van der Waals surface area contributed by atoms with E-state index in [9.17, 15) is 18.0 Å². The average molecular weight is 431 g/mol. The summed E-state index contributed by atoms with van der Waals surface area (Å²) in [6.07, 6.45) is 0.935. The monoisotopic (exact) mass is 430 g/mol. The van der Waals surface area contributed by atoms with Gasteiger partial charge in [0.05, 0.1) is 4.90 Å². The van der Waals surface area contributed by atoms with E-state index >= 15 is 0 Å². The number of ether oxygens (including phenoxy) is 1. The van der Waals surface area contributed by atoms with Gasteiger partial charge in [0.15, 0.2) is 6.61 Å². The first-order chi connectivity index (χ1) is 14.3. The van der Waals surface area contributed by atoms with Crippen molar-refractivity contribution in [1.82, 2.24) is 9.21 Å². The zero-order valence-corrected chi connectivity index (χ0v) is 18.0. The van der Waals surface area contributed by atoms with Gasteiger partial charge in [-0.2, -0.15) is 4.31 Å². The zero-order chi connectivity index (χ0) is 21.7. The Hall–Kier alpha value is -2.71. The second kappa shape index (κ2) is 9.40. The van der Waals surface area contributed by atoms with Gasteiger partial charge in [0.25, 0.3) is 5.91 Å². The van der Waals surface area contributed by atoms with Crippen molar-refractivity contribution >= 4 is 21.9 Å². The Labute approximate surface area is 177 Å². The summed E-state index contributed by atoms with van der Waals surface area (Å²) in [6.45, 7) is 2.10. The van der Waals surface area contributed by atoms with Gasteiger partial charge in [0.2, 0.25) is 10.0 Å². The van der Waals surface area contributed by atoms with Crippen molar-refractivity contribution in [2.75, 3.05) is 20.2 Å². The topological polar surface area (TPSA) is 84.0 Å². The van der Waals surface area contributed by atoms with E-state index in [-0.39, 0.29) is 17.3 Å². The number of benzene rings is 2. The van der Waals surface area contributed by atoms with Crippen molar-refractivity contribution in [2.24, 2.45) is 0 Å². The second-order valence-corrected chi connectivity index (χ2v) is 9.32. The van der Waals surface area contributed by atoms with Crippen molar-refractivity contribution in [3.8, 4) is 0 Å². The van der Waals surface area contributed by atoms with Gasteiger partial charge in [0, 0.05) is 20.1 Å². The lowest BCUT2D eigenvalue weighted by Crippen LogP contribution is -2.42. The highest BCUT2D eigenvalue weighted by Gasteiger charge is 2.40. The van der Waals surface area contributed by atoms with Crippen LogP contribution in [0.2, 0.25) is 0 Å². The Morgan fingerprint density at radius 2 is 1.77 bits per heavy atom. The maximum absolute atomic E-state index is 13.0. The molecule has 2 aromatic carbocycles. The lowest BCUT2D eigenvalue weighted by atomic mass is 10.2. The van der Waals surface area contributed by atoms with Crippen molar-refractivity contribution < 1.29 is 22.7 Å². The molecule has 0 N–H and O–H groups in total. The fraction of sp³-hybridized carbons (Fsp3) is 0.364. The molecule has 7 nitrogen and oxygen atoms in total. The number of carbonyl (C=O) groups is 2. The van der Waals surface area contributed by atoms with Crippen LogP contribution >= 0.6 is 0 Å². The number of likely N-dealkylation sites (N-methyl/N-ethyl adjacent to an activating group) is 1. The summed E-state index contributed by atoms with van der Waals surface area (Å²) in [7, 11) is -2.18. The molecule has 30 heavy (non-hydrogen) atoms. The Bertz CT molecular complexity index is 990. The molecule has 1 amide bonds. The second-order valence-electron chi connectivity index (χ2n) is 7.43. The number of nitrogens with zero attached hydrogens (tertiary/aromatic N) is 2. The van der Waals surface area contributed by atoms with Gasteiger partial charge in [-0.25, -0.2) is 8.42 Å². The predicted molar refractivity (Wildman–Crippen MR) is 112 cm³/mol. The fourth-order valence-corrected chi connectivity index (χ4v) is 5.04. The third kappa shape index (κ3) is 5.06. The van der Waals surface area contributed by atoms with Gasteiger partial charge < -0.3 is 9.64 Å². The number of esters is 1. The van der Waals surface area contributed by atoms with Crippen LogP contribution in [0.25, 0.3) is 0 Å². The maximum Gasteiger partial charge on any atom is 0.324 e. The molecule has 1 aliphatic heterocycles. The first-order valence-electron chi connectivity index (χ1n) is 9.82. The van der Waals surface area contributed by atoms with Gasteiger partial charge in [-0.05, 0) is 37.5 Å². The summed E-state index contributed by atoms with van der Waals surface area (Å²) in [5.41, 5.74) is 1.91. The van der Waals surface area contributed by atoms with Crippen LogP contribution in [-0.2, 0) is 30.9 Å². The van der Waals surface area contributed by atoms with Crippen LogP contribution in [0.4, 0.5) is 0 Å². The minimum atomic E-state index is -3.81. The molecule has 160 valence electrons. The van der Waals surface area contributed by atoms with E-state index in [0.29, 0.717) is 19.4 Å². The third-order valence-corrected chi connectivity index (χ3v) is 7.05. The van der Waals surface area contributed by atoms with Crippen molar-refractivity contribution in [3.63, 3.8) is 0 Å². The van der Waals surface area contributed by atoms with E-state index in [2.05, 4.69) is 0 Å². The molecule has 0 aromatic heterocycles. The Balaban J connectivity index is 1.60. The number of hydrogen-bond acceptors (Lipinski definition) is 5. The molecule has 1 heterocycles. The van der Waals surface area contributed by atoms with E-state index in [1.54, 1.807) is 19.2 Å². The van der Waals surface area contributed by atoms with E-state index in [4.69, 9.17) is 4.74 Å². The Morgan fingerprint density at radius 3 is 2.43 bits per heavy atom. The SMILES string of the molecule is Cc1ccc(S(=O)(=O)N2CCC[C@H]2C(=O)OCC(=O)N(C)Cc2ccccc2)cc1. The molecule has 3 rings (SSSR count). The van der Waals surface area contributed by atoms with Crippen molar-refractivity contribution in [1.29, 1.82) is 0 Å². The molecule has 2 aromatic rings. The standard InChI is InChI=1S/C22H26N2O5S/c1-17-10-12-19(13-11-17)30(27,28)24-14-6-9-20(24)22(26)29-16-21(25)23(2)15-18-7-4-3-5-8-18/h3-5,7-8,10-13,20H,6,9,14-16H2,1-2H3/t20-/m0/s1. The molecule has 0 aliphatic carbocycles. The highest BCUT2D eigenvalue weighted by Crippen LogP contribution is 2.27. The molecule has 1 aliphatic rings. The van der Waals surface area contributed by atoms with Crippen LogP contribution < -0.4 is 0 Å². The molecule has 0 radical (unpaired) electrons. The highest BCUT2D eigenvalue weighted by atomic mass is 32.2. The molecule has 0 saturated carbocycles. The molecule has 0 spiro atoms. The molecular weight excluding hydrogens is 404 g/mol. The van der Waals surface area contributed by atoms with Crippen LogP contribution in [0.1, 0.15) is 24.0 Å². The van der Waals surface area contributed by atoms with Gasteiger partial charge in [0.1, 0.15) is 6.04 Å². The zero-order valence-electron chi connectivity index (χ0n) is 17.2. The number of hydrogen-bond donors (Lipinski definition) is 0. The molecule has 8 heteroatoms. The molecule has 0 unspecified atom stereocenters. The van der Waals surface area contributed by atoms with Gasteiger partial charge in [-0.1, -0.05) is 48.0 Å². The van der Waals surface area contributed by atoms with Gasteiger partial charge >= 0.3 is 5.97 Å². The first-order valence-corrected chi connectivity index (χ1v) is 11.3. The molecular formula is C22H26N2O5S. The fourth-order valence-electron chi connectivity index (χ4n) is 3.39. The lowest BCUT2D eigenvalue weighted by molar-refractivity contribution is -0.154. The average Bonchev–Trinajstić information content (AvgIpc) is 3.24. The summed E-state index contributed by atoms with van der Waals surface area (Å²) < 4.78 is 32.3. The molecule has 1 atom stereocenters. The minimum Gasteiger partial charge on any atom is -0.454 e. The summed E-state index contributed by atoms with van der Waals surface area (Å²) >= 11 is 0. The third-order valence-electron chi connectivity index (χ3n) is 5.13. The summed E-state index contributed by atoms with van der Waals surface area (Å²) in [5.74, 6) is -1.04. The van der Waals surface area contributed by atoms with Crippen molar-refractivity contribution in [2.45, 2.75) is 37.2 Å². The number of rotatable bonds is 7. The normalized spacial score (nSPS) is 16.9. The number of carbonyl (C=O) groups excluding carboxylic acids is 2. The molecule has 1 fully saturated rings. The van der Waals surface area contributed by atoms with Crippen LogP contribution in [0.3, 0.4) is 0 Å².